The van der Waals surface area contributed by atoms with Crippen LogP contribution in [0.5, 0.6) is 0 Å². The third-order valence-corrected chi connectivity index (χ3v) is 2.86. The predicted molar refractivity (Wildman–Crippen MR) is 61.3 cm³/mol. The standard InChI is InChI=1S/C11H16N4O2/c1-8-7-17-10(4-12)6-15(8)11(16)9-2-3-13-14-5-9/h2-3,5,8,10H,4,6-7,12H2,1H3. The van der Waals surface area contributed by atoms with E-state index < -0.39 is 0 Å². The zero-order chi connectivity index (χ0) is 12.3. The van der Waals surface area contributed by atoms with E-state index >= 15 is 0 Å². The summed E-state index contributed by atoms with van der Waals surface area (Å²) in [5, 5.41) is 7.37. The molecule has 0 spiro atoms. The van der Waals surface area contributed by atoms with Crippen LogP contribution in [-0.2, 0) is 4.74 Å². The lowest BCUT2D eigenvalue weighted by Gasteiger charge is -2.37. The van der Waals surface area contributed by atoms with Gasteiger partial charge in [0.25, 0.3) is 5.91 Å². The van der Waals surface area contributed by atoms with E-state index in [1.165, 1.54) is 12.4 Å². The van der Waals surface area contributed by atoms with Crippen LogP contribution >= 0.6 is 0 Å². The Bertz CT molecular complexity index is 384. The molecule has 6 nitrogen and oxygen atoms in total. The molecule has 0 aliphatic carbocycles. The van der Waals surface area contributed by atoms with Crippen molar-refractivity contribution >= 4 is 5.91 Å². The van der Waals surface area contributed by atoms with Gasteiger partial charge in [-0.2, -0.15) is 10.2 Å². The topological polar surface area (TPSA) is 81.3 Å². The number of aromatic nitrogens is 2. The molecule has 0 bridgehead atoms. The zero-order valence-electron chi connectivity index (χ0n) is 9.74. The predicted octanol–water partition coefficient (Wildman–Crippen LogP) is -0.335. The van der Waals surface area contributed by atoms with Gasteiger partial charge in [-0.05, 0) is 13.0 Å². The number of carbonyl (C=O) groups excluding carboxylic acids is 1. The van der Waals surface area contributed by atoms with E-state index in [0.717, 1.165) is 0 Å². The lowest BCUT2D eigenvalue weighted by molar-refractivity contribution is -0.0426. The van der Waals surface area contributed by atoms with Crippen LogP contribution in [0.2, 0.25) is 0 Å². The van der Waals surface area contributed by atoms with E-state index in [1.54, 1.807) is 11.0 Å². The smallest absolute Gasteiger partial charge is 0.255 e. The fraction of sp³-hybridized carbons (Fsp3) is 0.545. The Balaban J connectivity index is 2.12. The first-order valence-corrected chi connectivity index (χ1v) is 5.61. The van der Waals surface area contributed by atoms with Gasteiger partial charge in [-0.1, -0.05) is 0 Å². The van der Waals surface area contributed by atoms with E-state index in [9.17, 15) is 4.79 Å². The maximum atomic E-state index is 12.2. The summed E-state index contributed by atoms with van der Waals surface area (Å²) in [4.78, 5) is 14.0. The fourth-order valence-corrected chi connectivity index (χ4v) is 1.83. The molecule has 1 saturated heterocycles. The van der Waals surface area contributed by atoms with Crippen LogP contribution in [0.15, 0.2) is 18.5 Å². The summed E-state index contributed by atoms with van der Waals surface area (Å²) in [6, 6.07) is 1.72. The number of hydrogen-bond acceptors (Lipinski definition) is 5. The molecule has 2 heterocycles. The van der Waals surface area contributed by atoms with Crippen LogP contribution in [-0.4, -0.2) is 52.8 Å². The number of ether oxygens (including phenoxy) is 1. The number of nitrogens with zero attached hydrogens (tertiary/aromatic N) is 3. The van der Waals surface area contributed by atoms with Crippen molar-refractivity contribution in [2.24, 2.45) is 5.73 Å². The molecule has 1 aliphatic heterocycles. The Kier molecular flexibility index (Phi) is 3.65. The molecule has 0 radical (unpaired) electrons. The van der Waals surface area contributed by atoms with E-state index in [4.69, 9.17) is 10.5 Å². The maximum absolute atomic E-state index is 12.2. The van der Waals surface area contributed by atoms with Gasteiger partial charge in [0.2, 0.25) is 0 Å². The highest BCUT2D eigenvalue weighted by atomic mass is 16.5. The molecule has 2 rings (SSSR count). The third-order valence-electron chi connectivity index (χ3n) is 2.86. The van der Waals surface area contributed by atoms with Crippen molar-refractivity contribution in [2.75, 3.05) is 19.7 Å². The van der Waals surface area contributed by atoms with Crippen LogP contribution in [0.1, 0.15) is 17.3 Å². The molecule has 6 heteroatoms. The van der Waals surface area contributed by atoms with E-state index in [0.29, 0.717) is 25.3 Å². The Hall–Kier alpha value is -1.53. The molecule has 1 aliphatic rings. The summed E-state index contributed by atoms with van der Waals surface area (Å²) in [5.41, 5.74) is 6.11. The summed E-state index contributed by atoms with van der Waals surface area (Å²) in [5.74, 6) is -0.0471. The molecule has 2 N–H and O–H groups in total. The largest absolute Gasteiger partial charge is 0.373 e. The minimum Gasteiger partial charge on any atom is -0.373 e. The highest BCUT2D eigenvalue weighted by molar-refractivity contribution is 5.94. The average molecular weight is 236 g/mol. The first kappa shape index (κ1) is 11.9. The number of morpholine rings is 1. The number of carbonyl (C=O) groups is 1. The first-order chi connectivity index (χ1) is 8.22. The molecular weight excluding hydrogens is 220 g/mol. The lowest BCUT2D eigenvalue weighted by Crippen LogP contribution is -2.52. The van der Waals surface area contributed by atoms with Crippen molar-refractivity contribution in [3.8, 4) is 0 Å². The quantitative estimate of drug-likeness (QED) is 0.760. The first-order valence-electron chi connectivity index (χ1n) is 5.61. The monoisotopic (exact) mass is 236 g/mol. The van der Waals surface area contributed by atoms with Gasteiger partial charge in [0.1, 0.15) is 0 Å². The summed E-state index contributed by atoms with van der Waals surface area (Å²) in [7, 11) is 0. The van der Waals surface area contributed by atoms with Gasteiger partial charge in [0.15, 0.2) is 0 Å². The number of hydrogen-bond donors (Lipinski definition) is 1. The Morgan fingerprint density at radius 1 is 1.65 bits per heavy atom. The second-order valence-electron chi connectivity index (χ2n) is 4.13. The molecule has 92 valence electrons. The highest BCUT2D eigenvalue weighted by Gasteiger charge is 2.29. The van der Waals surface area contributed by atoms with Gasteiger partial charge in [-0.3, -0.25) is 4.79 Å². The summed E-state index contributed by atoms with van der Waals surface area (Å²) in [6.45, 7) is 3.43. The SMILES string of the molecule is CC1COC(CN)CN1C(=O)c1ccnnc1. The maximum Gasteiger partial charge on any atom is 0.255 e. The fourth-order valence-electron chi connectivity index (χ4n) is 1.83. The molecule has 1 aromatic rings. The molecule has 2 atom stereocenters. The van der Waals surface area contributed by atoms with Gasteiger partial charge in [-0.25, -0.2) is 0 Å². The lowest BCUT2D eigenvalue weighted by atomic mass is 10.1. The van der Waals surface area contributed by atoms with Crippen molar-refractivity contribution in [1.29, 1.82) is 0 Å². The molecule has 1 fully saturated rings. The van der Waals surface area contributed by atoms with Crippen LogP contribution in [0.3, 0.4) is 0 Å². The minimum absolute atomic E-state index is 0.0471. The second kappa shape index (κ2) is 5.20. The van der Waals surface area contributed by atoms with Crippen molar-refractivity contribution in [3.05, 3.63) is 24.0 Å². The van der Waals surface area contributed by atoms with Gasteiger partial charge in [0.05, 0.1) is 36.7 Å². The zero-order valence-corrected chi connectivity index (χ0v) is 9.74. The van der Waals surface area contributed by atoms with Crippen molar-refractivity contribution in [2.45, 2.75) is 19.1 Å². The van der Waals surface area contributed by atoms with E-state index in [1.807, 2.05) is 6.92 Å². The molecule has 17 heavy (non-hydrogen) atoms. The normalized spacial score (nSPS) is 24.7. The van der Waals surface area contributed by atoms with Gasteiger partial charge in [-0.15, -0.1) is 0 Å². The number of rotatable bonds is 2. The van der Waals surface area contributed by atoms with Gasteiger partial charge < -0.3 is 15.4 Å². The molecule has 0 aromatic carbocycles. The summed E-state index contributed by atoms with van der Waals surface area (Å²) < 4.78 is 5.51. The van der Waals surface area contributed by atoms with Crippen LogP contribution < -0.4 is 5.73 Å². The Morgan fingerprint density at radius 3 is 3.12 bits per heavy atom. The van der Waals surface area contributed by atoms with Gasteiger partial charge in [0, 0.05) is 13.1 Å². The highest BCUT2D eigenvalue weighted by Crippen LogP contribution is 2.14. The number of nitrogens with two attached hydrogens (primary N) is 1. The van der Waals surface area contributed by atoms with Crippen LogP contribution in [0.25, 0.3) is 0 Å². The van der Waals surface area contributed by atoms with E-state index in [-0.39, 0.29) is 18.1 Å². The second-order valence-corrected chi connectivity index (χ2v) is 4.13. The average Bonchev–Trinajstić information content (AvgIpc) is 2.39. The summed E-state index contributed by atoms with van der Waals surface area (Å²) >= 11 is 0. The number of amides is 1. The van der Waals surface area contributed by atoms with E-state index in [2.05, 4.69) is 10.2 Å². The molecule has 1 aromatic heterocycles. The van der Waals surface area contributed by atoms with Crippen molar-refractivity contribution in [3.63, 3.8) is 0 Å². The summed E-state index contributed by atoms with van der Waals surface area (Å²) in [6.07, 6.45) is 2.91. The van der Waals surface area contributed by atoms with Crippen LogP contribution in [0, 0.1) is 0 Å². The third kappa shape index (κ3) is 2.59. The van der Waals surface area contributed by atoms with Crippen molar-refractivity contribution in [1.82, 2.24) is 15.1 Å². The minimum atomic E-state index is -0.0788. The Labute approximate surface area is 99.8 Å². The molecular formula is C11H16N4O2. The van der Waals surface area contributed by atoms with Crippen molar-refractivity contribution < 1.29 is 9.53 Å². The van der Waals surface area contributed by atoms with Crippen LogP contribution in [0.4, 0.5) is 0 Å². The Morgan fingerprint density at radius 2 is 2.47 bits per heavy atom. The molecule has 0 saturated carbocycles. The molecule has 2 unspecified atom stereocenters. The van der Waals surface area contributed by atoms with Gasteiger partial charge >= 0.3 is 0 Å². The molecule has 1 amide bonds.